The van der Waals surface area contributed by atoms with E-state index in [-0.39, 0.29) is 12.2 Å². The molecule has 0 spiro atoms. The summed E-state index contributed by atoms with van der Waals surface area (Å²) in [4.78, 5) is 17.7. The van der Waals surface area contributed by atoms with Crippen LogP contribution in [-0.4, -0.2) is 54.1 Å². The first-order valence-electron chi connectivity index (χ1n) is 7.65. The van der Waals surface area contributed by atoms with Crippen LogP contribution in [0.4, 0.5) is 13.2 Å². The number of alkyl halides is 3. The number of piperidine rings is 1. The minimum atomic E-state index is -4.61. The van der Waals surface area contributed by atoms with Gasteiger partial charge in [-0.05, 0) is 19.4 Å². The number of rotatable bonds is 6. The summed E-state index contributed by atoms with van der Waals surface area (Å²) in [5, 5.41) is 12.3. The summed E-state index contributed by atoms with van der Waals surface area (Å²) >= 11 is 0. The van der Waals surface area contributed by atoms with Crippen molar-refractivity contribution in [2.75, 3.05) is 26.2 Å². The van der Waals surface area contributed by atoms with Gasteiger partial charge in [0, 0.05) is 18.7 Å². The van der Waals surface area contributed by atoms with Gasteiger partial charge < -0.3 is 9.94 Å². The van der Waals surface area contributed by atoms with Crippen LogP contribution >= 0.6 is 0 Å². The predicted molar refractivity (Wildman–Crippen MR) is 81.8 cm³/mol. The van der Waals surface area contributed by atoms with Crippen molar-refractivity contribution in [3.05, 3.63) is 35.9 Å². The Kier molecular flexibility index (Phi) is 6.19. The van der Waals surface area contributed by atoms with Gasteiger partial charge in [-0.2, -0.15) is 13.2 Å². The maximum absolute atomic E-state index is 13.0. The van der Waals surface area contributed by atoms with E-state index in [1.165, 1.54) is 24.3 Å². The molecule has 1 aromatic carbocycles. The fourth-order valence-electron chi connectivity index (χ4n) is 2.60. The normalized spacial score (nSPS) is 20.0. The molecule has 24 heavy (non-hydrogen) atoms. The zero-order chi connectivity index (χ0) is 17.6. The molecule has 0 aromatic heterocycles. The first kappa shape index (κ1) is 18.3. The lowest BCUT2D eigenvalue weighted by molar-refractivity contribution is -0.143. The van der Waals surface area contributed by atoms with Gasteiger partial charge in [0.1, 0.15) is 6.61 Å². The number of benzene rings is 1. The van der Waals surface area contributed by atoms with Crippen molar-refractivity contribution in [1.29, 1.82) is 0 Å². The molecule has 1 fully saturated rings. The van der Waals surface area contributed by atoms with Crippen molar-refractivity contribution in [1.82, 2.24) is 4.90 Å². The quantitative estimate of drug-likeness (QED) is 0.490. The molecule has 8 heteroatoms. The number of carboxylic acids is 1. The van der Waals surface area contributed by atoms with Crippen LogP contribution in [0, 0.1) is 5.92 Å². The second kappa shape index (κ2) is 8.14. The van der Waals surface area contributed by atoms with Crippen molar-refractivity contribution in [3.8, 4) is 0 Å². The first-order chi connectivity index (χ1) is 11.4. The van der Waals surface area contributed by atoms with Crippen LogP contribution in [0.1, 0.15) is 18.4 Å². The Bertz CT molecular complexity index is 576. The highest BCUT2D eigenvalue weighted by Gasteiger charge is 2.37. The van der Waals surface area contributed by atoms with Gasteiger partial charge in [0.05, 0.1) is 5.92 Å². The summed E-state index contributed by atoms with van der Waals surface area (Å²) in [5.41, 5.74) is -1.14. The molecule has 1 aromatic rings. The molecule has 1 aliphatic rings. The Morgan fingerprint density at radius 1 is 1.33 bits per heavy atom. The van der Waals surface area contributed by atoms with Gasteiger partial charge in [0.2, 0.25) is 0 Å². The zero-order valence-electron chi connectivity index (χ0n) is 13.0. The van der Waals surface area contributed by atoms with Gasteiger partial charge in [0.25, 0.3) is 0 Å². The topological polar surface area (TPSA) is 62.1 Å². The predicted octanol–water partition coefficient (Wildman–Crippen LogP) is 2.77. The van der Waals surface area contributed by atoms with Gasteiger partial charge in [0.15, 0.2) is 5.71 Å². The third-order valence-electron chi connectivity index (χ3n) is 3.83. The van der Waals surface area contributed by atoms with Gasteiger partial charge in [-0.25, -0.2) is 0 Å². The SMILES string of the molecule is O=C(O)C1CCCN(CCON=C(c2ccccc2)C(F)(F)F)C1. The lowest BCUT2D eigenvalue weighted by Gasteiger charge is -2.29. The first-order valence-corrected chi connectivity index (χ1v) is 7.65. The summed E-state index contributed by atoms with van der Waals surface area (Å²) in [6, 6.07) is 7.25. The van der Waals surface area contributed by atoms with Crippen LogP contribution in [-0.2, 0) is 9.63 Å². The van der Waals surface area contributed by atoms with E-state index < -0.39 is 23.8 Å². The van der Waals surface area contributed by atoms with Crippen molar-refractivity contribution in [2.45, 2.75) is 19.0 Å². The number of oxime groups is 1. The Hall–Kier alpha value is -2.09. The van der Waals surface area contributed by atoms with Crippen LogP contribution < -0.4 is 0 Å². The average molecular weight is 344 g/mol. The number of carbonyl (C=O) groups is 1. The number of hydrogen-bond acceptors (Lipinski definition) is 4. The van der Waals surface area contributed by atoms with Crippen LogP contribution in [0.25, 0.3) is 0 Å². The summed E-state index contributed by atoms with van der Waals surface area (Å²) in [6.45, 7) is 1.40. The second-order valence-corrected chi connectivity index (χ2v) is 5.61. The molecule has 1 saturated heterocycles. The standard InChI is InChI=1S/C16H19F3N2O3/c17-16(18,19)14(12-5-2-1-3-6-12)20-24-10-9-21-8-4-7-13(11-21)15(22)23/h1-3,5-6,13H,4,7-11H2,(H,22,23). The molecule has 0 radical (unpaired) electrons. The number of nitrogens with zero attached hydrogens (tertiary/aromatic N) is 2. The largest absolute Gasteiger partial charge is 0.481 e. The van der Waals surface area contributed by atoms with E-state index in [9.17, 15) is 18.0 Å². The van der Waals surface area contributed by atoms with Gasteiger partial charge >= 0.3 is 12.1 Å². The summed E-state index contributed by atoms with van der Waals surface area (Å²) in [6.07, 6.45) is -3.24. The van der Waals surface area contributed by atoms with Crippen molar-refractivity contribution in [3.63, 3.8) is 0 Å². The molecule has 5 nitrogen and oxygen atoms in total. The lowest BCUT2D eigenvalue weighted by atomic mass is 9.98. The minimum Gasteiger partial charge on any atom is -0.481 e. The molecule has 0 bridgehead atoms. The molecule has 1 atom stereocenters. The highest BCUT2D eigenvalue weighted by molar-refractivity contribution is 6.04. The molecular formula is C16H19F3N2O3. The van der Waals surface area contributed by atoms with Crippen LogP contribution in [0.3, 0.4) is 0 Å². The van der Waals surface area contributed by atoms with Crippen molar-refractivity contribution >= 4 is 11.7 Å². The Labute approximate surface area is 137 Å². The maximum Gasteiger partial charge on any atom is 0.437 e. The lowest BCUT2D eigenvalue weighted by Crippen LogP contribution is -2.40. The van der Waals surface area contributed by atoms with E-state index in [2.05, 4.69) is 5.16 Å². The number of hydrogen-bond donors (Lipinski definition) is 1. The molecule has 1 aliphatic heterocycles. The smallest absolute Gasteiger partial charge is 0.437 e. The molecule has 2 rings (SSSR count). The third-order valence-corrected chi connectivity index (χ3v) is 3.83. The summed E-state index contributed by atoms with van der Waals surface area (Å²) in [5.74, 6) is -1.28. The van der Waals surface area contributed by atoms with E-state index in [1.54, 1.807) is 6.07 Å². The van der Waals surface area contributed by atoms with Crippen molar-refractivity contribution < 1.29 is 27.9 Å². The number of aliphatic carboxylic acids is 1. The van der Waals surface area contributed by atoms with Crippen LogP contribution in [0.2, 0.25) is 0 Å². The molecule has 1 unspecified atom stereocenters. The minimum absolute atomic E-state index is 0.0290. The van der Waals surface area contributed by atoms with E-state index in [4.69, 9.17) is 9.94 Å². The number of carboxylic acid groups (broad SMARTS) is 1. The molecule has 1 heterocycles. The Morgan fingerprint density at radius 3 is 2.67 bits per heavy atom. The molecular weight excluding hydrogens is 325 g/mol. The second-order valence-electron chi connectivity index (χ2n) is 5.61. The van der Waals surface area contributed by atoms with Crippen LogP contribution in [0.5, 0.6) is 0 Å². The molecule has 0 amide bonds. The van der Waals surface area contributed by atoms with E-state index in [0.29, 0.717) is 26.1 Å². The fourth-order valence-corrected chi connectivity index (χ4v) is 2.60. The van der Waals surface area contributed by atoms with E-state index in [0.717, 1.165) is 6.42 Å². The van der Waals surface area contributed by atoms with E-state index in [1.807, 2.05) is 4.90 Å². The highest BCUT2D eigenvalue weighted by Crippen LogP contribution is 2.23. The third kappa shape index (κ3) is 5.23. The Morgan fingerprint density at radius 2 is 2.04 bits per heavy atom. The van der Waals surface area contributed by atoms with Gasteiger partial charge in [-0.15, -0.1) is 0 Å². The van der Waals surface area contributed by atoms with Gasteiger partial charge in [-0.3, -0.25) is 9.69 Å². The highest BCUT2D eigenvalue weighted by atomic mass is 19.4. The molecule has 0 saturated carbocycles. The fraction of sp³-hybridized carbons (Fsp3) is 0.500. The Balaban J connectivity index is 1.90. The monoisotopic (exact) mass is 344 g/mol. The number of likely N-dealkylation sites (tertiary alicyclic amines) is 1. The maximum atomic E-state index is 13.0. The summed E-state index contributed by atoms with van der Waals surface area (Å²) < 4.78 is 39.1. The molecule has 1 N–H and O–H groups in total. The molecule has 0 aliphatic carbocycles. The van der Waals surface area contributed by atoms with Gasteiger partial charge in [-0.1, -0.05) is 35.5 Å². The molecule has 132 valence electrons. The van der Waals surface area contributed by atoms with Crippen LogP contribution in [0.15, 0.2) is 35.5 Å². The van der Waals surface area contributed by atoms with E-state index >= 15 is 0 Å². The zero-order valence-corrected chi connectivity index (χ0v) is 13.0. The number of halogens is 3. The summed E-state index contributed by atoms with van der Waals surface area (Å²) in [7, 11) is 0. The van der Waals surface area contributed by atoms with Crippen molar-refractivity contribution in [2.24, 2.45) is 11.1 Å². The average Bonchev–Trinajstić information content (AvgIpc) is 2.54.